The monoisotopic (exact) mass is 300 g/mol. The largest absolute Gasteiger partial charge is 0.497 e. The molecule has 0 amide bonds. The third-order valence-electron chi connectivity index (χ3n) is 3.29. The molecule has 1 aromatic carbocycles. The van der Waals surface area contributed by atoms with Crippen molar-refractivity contribution in [2.75, 3.05) is 27.2 Å². The highest BCUT2D eigenvalue weighted by Crippen LogP contribution is 2.25. The standard InChI is InChI=1S/C13H20N2O4S/c1-13(16)9-15(10-13)20(17,18)14(2)8-11-5-4-6-12(7-11)19-3/h4-7,16H,8-10H2,1-3H3. The van der Waals surface area contributed by atoms with Crippen LogP contribution in [0, 0.1) is 0 Å². The van der Waals surface area contributed by atoms with Crippen molar-refractivity contribution in [3.63, 3.8) is 0 Å². The highest BCUT2D eigenvalue weighted by molar-refractivity contribution is 7.86. The molecule has 1 heterocycles. The van der Waals surface area contributed by atoms with Crippen LogP contribution >= 0.6 is 0 Å². The molecule has 1 saturated heterocycles. The molecule has 0 aliphatic carbocycles. The third kappa shape index (κ3) is 3.12. The molecule has 1 aromatic rings. The topological polar surface area (TPSA) is 70.1 Å². The minimum absolute atomic E-state index is 0.137. The van der Waals surface area contributed by atoms with E-state index in [0.29, 0.717) is 5.75 Å². The van der Waals surface area contributed by atoms with Crippen LogP contribution in [0.25, 0.3) is 0 Å². The van der Waals surface area contributed by atoms with Crippen molar-refractivity contribution in [3.05, 3.63) is 29.8 Å². The van der Waals surface area contributed by atoms with Crippen LogP contribution < -0.4 is 4.74 Å². The summed E-state index contributed by atoms with van der Waals surface area (Å²) in [5.41, 5.74) is -0.0631. The highest BCUT2D eigenvalue weighted by Gasteiger charge is 2.44. The number of benzene rings is 1. The van der Waals surface area contributed by atoms with Gasteiger partial charge in [-0.3, -0.25) is 0 Å². The zero-order chi connectivity index (χ0) is 15.0. The smallest absolute Gasteiger partial charge is 0.282 e. The Hall–Kier alpha value is -1.15. The Kier molecular flexibility index (Phi) is 4.06. The number of nitrogens with zero attached hydrogens (tertiary/aromatic N) is 2. The fourth-order valence-electron chi connectivity index (χ4n) is 2.18. The fourth-order valence-corrected chi connectivity index (χ4v) is 3.77. The van der Waals surface area contributed by atoms with E-state index in [2.05, 4.69) is 0 Å². The van der Waals surface area contributed by atoms with Crippen LogP contribution in [-0.2, 0) is 16.8 Å². The Morgan fingerprint density at radius 2 is 2.10 bits per heavy atom. The molecule has 20 heavy (non-hydrogen) atoms. The summed E-state index contributed by atoms with van der Waals surface area (Å²) in [4.78, 5) is 0. The second-order valence-corrected chi connectivity index (χ2v) is 7.42. The molecule has 6 nitrogen and oxygen atoms in total. The summed E-state index contributed by atoms with van der Waals surface area (Å²) in [6.07, 6.45) is 0. The lowest BCUT2D eigenvalue weighted by Gasteiger charge is -2.44. The third-order valence-corrected chi connectivity index (χ3v) is 5.12. The van der Waals surface area contributed by atoms with E-state index < -0.39 is 15.8 Å². The second kappa shape index (κ2) is 5.33. The first-order valence-corrected chi connectivity index (χ1v) is 7.71. The lowest BCUT2D eigenvalue weighted by atomic mass is 10.0. The predicted octanol–water partition coefficient (Wildman–Crippen LogP) is 0.438. The maximum Gasteiger partial charge on any atom is 0.282 e. The fraction of sp³-hybridized carbons (Fsp3) is 0.538. The van der Waals surface area contributed by atoms with Crippen LogP contribution in [0.5, 0.6) is 5.75 Å². The molecular formula is C13H20N2O4S. The molecule has 0 atom stereocenters. The number of ether oxygens (including phenoxy) is 1. The summed E-state index contributed by atoms with van der Waals surface area (Å²) >= 11 is 0. The molecule has 2 rings (SSSR count). The molecule has 0 radical (unpaired) electrons. The van der Waals surface area contributed by atoms with Crippen molar-refractivity contribution in [2.45, 2.75) is 19.1 Å². The molecule has 1 N–H and O–H groups in total. The zero-order valence-corrected chi connectivity index (χ0v) is 12.7. The molecular weight excluding hydrogens is 280 g/mol. The second-order valence-electron chi connectivity index (χ2n) is 5.38. The highest BCUT2D eigenvalue weighted by atomic mass is 32.2. The van der Waals surface area contributed by atoms with E-state index in [1.165, 1.54) is 15.7 Å². The Bertz CT molecular complexity index is 578. The quantitative estimate of drug-likeness (QED) is 0.856. The van der Waals surface area contributed by atoms with Crippen LogP contribution in [-0.4, -0.2) is 55.0 Å². The van der Waals surface area contributed by atoms with Gasteiger partial charge in [0.2, 0.25) is 0 Å². The number of hydrogen-bond acceptors (Lipinski definition) is 4. The first-order chi connectivity index (χ1) is 9.24. The first kappa shape index (κ1) is 15.2. The molecule has 1 aliphatic rings. The summed E-state index contributed by atoms with van der Waals surface area (Å²) in [6, 6.07) is 7.28. The van der Waals surface area contributed by atoms with Crippen molar-refractivity contribution in [1.82, 2.24) is 8.61 Å². The van der Waals surface area contributed by atoms with Crippen LogP contribution in [0.4, 0.5) is 0 Å². The van der Waals surface area contributed by atoms with E-state index in [1.54, 1.807) is 20.1 Å². The Balaban J connectivity index is 2.05. The minimum Gasteiger partial charge on any atom is -0.497 e. The van der Waals surface area contributed by atoms with E-state index in [0.717, 1.165) is 5.56 Å². The molecule has 7 heteroatoms. The summed E-state index contributed by atoms with van der Waals surface area (Å²) in [5.74, 6) is 0.695. The van der Waals surface area contributed by atoms with Gasteiger partial charge >= 0.3 is 0 Å². The van der Waals surface area contributed by atoms with E-state index in [9.17, 15) is 13.5 Å². The number of aliphatic hydroxyl groups is 1. The predicted molar refractivity (Wildman–Crippen MR) is 75.6 cm³/mol. The van der Waals surface area contributed by atoms with E-state index in [4.69, 9.17) is 4.74 Å². The molecule has 0 aromatic heterocycles. The molecule has 112 valence electrons. The first-order valence-electron chi connectivity index (χ1n) is 6.31. The molecule has 1 fully saturated rings. The summed E-state index contributed by atoms with van der Waals surface area (Å²) < 4.78 is 32.2. The van der Waals surface area contributed by atoms with Crippen LogP contribution in [0.3, 0.4) is 0 Å². The van der Waals surface area contributed by atoms with Crippen molar-refractivity contribution >= 4 is 10.2 Å². The summed E-state index contributed by atoms with van der Waals surface area (Å²) in [6.45, 7) is 2.16. The lowest BCUT2D eigenvalue weighted by Crippen LogP contribution is -2.63. The average molecular weight is 300 g/mol. The van der Waals surface area contributed by atoms with Crippen molar-refractivity contribution in [1.29, 1.82) is 0 Å². The van der Waals surface area contributed by atoms with Gasteiger partial charge in [-0.25, -0.2) is 0 Å². The van der Waals surface area contributed by atoms with Crippen LogP contribution in [0.15, 0.2) is 24.3 Å². The van der Waals surface area contributed by atoms with Gasteiger partial charge in [0.1, 0.15) is 5.75 Å². The molecule has 0 bridgehead atoms. The summed E-state index contributed by atoms with van der Waals surface area (Å²) in [7, 11) is -0.424. The van der Waals surface area contributed by atoms with Crippen molar-refractivity contribution < 1.29 is 18.3 Å². The van der Waals surface area contributed by atoms with Gasteiger partial charge in [0, 0.05) is 26.7 Å². The summed E-state index contributed by atoms with van der Waals surface area (Å²) in [5, 5.41) is 9.65. The number of rotatable bonds is 5. The zero-order valence-electron chi connectivity index (χ0n) is 11.9. The van der Waals surface area contributed by atoms with Gasteiger partial charge in [-0.2, -0.15) is 17.0 Å². The van der Waals surface area contributed by atoms with Gasteiger partial charge < -0.3 is 9.84 Å². The van der Waals surface area contributed by atoms with E-state index in [1.807, 2.05) is 18.2 Å². The van der Waals surface area contributed by atoms with Crippen LogP contribution in [0.2, 0.25) is 0 Å². The van der Waals surface area contributed by atoms with E-state index >= 15 is 0 Å². The normalized spacial score (nSPS) is 18.9. The maximum absolute atomic E-state index is 12.3. The van der Waals surface area contributed by atoms with Gasteiger partial charge in [0.05, 0.1) is 12.7 Å². The van der Waals surface area contributed by atoms with Crippen molar-refractivity contribution in [2.24, 2.45) is 0 Å². The van der Waals surface area contributed by atoms with Gasteiger partial charge in [0.25, 0.3) is 10.2 Å². The minimum atomic E-state index is -3.53. The average Bonchev–Trinajstić information content (AvgIpc) is 2.36. The van der Waals surface area contributed by atoms with Gasteiger partial charge in [-0.15, -0.1) is 0 Å². The maximum atomic E-state index is 12.3. The molecule has 0 saturated carbocycles. The molecule has 0 spiro atoms. The number of methoxy groups -OCH3 is 1. The SMILES string of the molecule is COc1cccc(CN(C)S(=O)(=O)N2CC(C)(O)C2)c1. The Morgan fingerprint density at radius 1 is 1.45 bits per heavy atom. The number of β-amino-alcohol motifs (C(OH)–C–C–N with tert-alkyl or cyclic N) is 1. The van der Waals surface area contributed by atoms with Gasteiger partial charge in [-0.05, 0) is 24.6 Å². The molecule has 1 aliphatic heterocycles. The van der Waals surface area contributed by atoms with Crippen molar-refractivity contribution in [3.8, 4) is 5.75 Å². The lowest BCUT2D eigenvalue weighted by molar-refractivity contribution is -0.0448. The van der Waals surface area contributed by atoms with Gasteiger partial charge in [0.15, 0.2) is 0 Å². The van der Waals surface area contributed by atoms with Gasteiger partial charge in [-0.1, -0.05) is 12.1 Å². The molecule has 0 unspecified atom stereocenters. The van der Waals surface area contributed by atoms with Crippen LogP contribution in [0.1, 0.15) is 12.5 Å². The Morgan fingerprint density at radius 3 is 2.65 bits per heavy atom. The van der Waals surface area contributed by atoms with E-state index in [-0.39, 0.29) is 19.6 Å². The number of hydrogen-bond donors (Lipinski definition) is 1. The Labute approximate surface area is 119 Å².